The second-order valence-corrected chi connectivity index (χ2v) is 5.28. The number of fused-ring (bicyclic) bond motifs is 1. The lowest BCUT2D eigenvalue weighted by molar-refractivity contribution is -0.124. The Kier molecular flexibility index (Phi) is 3.90. The molecular formula is C16H18N2O3. The van der Waals surface area contributed by atoms with Gasteiger partial charge in [-0.3, -0.25) is 4.79 Å². The highest BCUT2D eigenvalue weighted by atomic mass is 16.5. The van der Waals surface area contributed by atoms with E-state index in [1.54, 1.807) is 13.0 Å². The first-order valence-corrected chi connectivity index (χ1v) is 7.15. The molecule has 5 nitrogen and oxygen atoms in total. The van der Waals surface area contributed by atoms with E-state index in [0.717, 1.165) is 19.3 Å². The third-order valence-corrected chi connectivity index (χ3v) is 3.66. The average Bonchev–Trinajstić information content (AvgIpc) is 2.91. The summed E-state index contributed by atoms with van der Waals surface area (Å²) in [5, 5.41) is 6.72. The van der Waals surface area contributed by atoms with E-state index in [0.29, 0.717) is 11.6 Å². The number of nitrogens with one attached hydrogen (secondary N) is 1. The van der Waals surface area contributed by atoms with Crippen LogP contribution in [0.3, 0.4) is 0 Å². The molecule has 1 aliphatic carbocycles. The number of amides is 1. The van der Waals surface area contributed by atoms with Crippen LogP contribution < -0.4 is 10.1 Å². The quantitative estimate of drug-likeness (QED) is 0.938. The van der Waals surface area contributed by atoms with Crippen LogP contribution in [0.25, 0.3) is 0 Å². The average molecular weight is 286 g/mol. The third kappa shape index (κ3) is 3.24. The van der Waals surface area contributed by atoms with Crippen LogP contribution in [0.15, 0.2) is 34.9 Å². The summed E-state index contributed by atoms with van der Waals surface area (Å²) in [5.74, 6) is 0.857. The molecule has 1 aliphatic rings. The van der Waals surface area contributed by atoms with Crippen molar-refractivity contribution >= 4 is 5.91 Å². The molecular weight excluding hydrogens is 268 g/mol. The Hall–Kier alpha value is -2.30. The molecule has 0 fully saturated rings. The molecule has 0 spiro atoms. The van der Waals surface area contributed by atoms with Gasteiger partial charge in [-0.1, -0.05) is 24.3 Å². The van der Waals surface area contributed by atoms with E-state index in [1.165, 1.54) is 11.1 Å². The second-order valence-electron chi connectivity index (χ2n) is 5.28. The molecule has 1 amide bonds. The molecule has 5 heteroatoms. The minimum atomic E-state index is -0.141. The van der Waals surface area contributed by atoms with E-state index in [2.05, 4.69) is 22.6 Å². The molecule has 1 aromatic carbocycles. The van der Waals surface area contributed by atoms with Crippen molar-refractivity contribution in [2.45, 2.75) is 32.2 Å². The summed E-state index contributed by atoms with van der Waals surface area (Å²) in [4.78, 5) is 12.0. The van der Waals surface area contributed by atoms with E-state index in [1.807, 2.05) is 12.1 Å². The van der Waals surface area contributed by atoms with Gasteiger partial charge in [-0.15, -0.1) is 0 Å². The number of aromatic nitrogens is 1. The summed E-state index contributed by atoms with van der Waals surface area (Å²) in [6.45, 7) is 1.73. The number of hydrogen-bond acceptors (Lipinski definition) is 4. The van der Waals surface area contributed by atoms with Gasteiger partial charge in [0.1, 0.15) is 5.76 Å². The number of rotatable bonds is 4. The van der Waals surface area contributed by atoms with Crippen molar-refractivity contribution in [3.63, 3.8) is 0 Å². The van der Waals surface area contributed by atoms with Crippen LogP contribution in [0.5, 0.6) is 5.88 Å². The van der Waals surface area contributed by atoms with Crippen molar-refractivity contribution in [1.29, 1.82) is 0 Å². The molecule has 1 heterocycles. The lowest BCUT2D eigenvalue weighted by atomic mass is 9.88. The highest BCUT2D eigenvalue weighted by Gasteiger charge is 2.21. The van der Waals surface area contributed by atoms with Crippen molar-refractivity contribution in [1.82, 2.24) is 10.5 Å². The fourth-order valence-electron chi connectivity index (χ4n) is 2.69. The molecule has 0 saturated heterocycles. The van der Waals surface area contributed by atoms with Gasteiger partial charge >= 0.3 is 0 Å². The summed E-state index contributed by atoms with van der Waals surface area (Å²) in [7, 11) is 0. The Morgan fingerprint density at radius 1 is 1.48 bits per heavy atom. The highest BCUT2D eigenvalue weighted by Crippen LogP contribution is 2.29. The van der Waals surface area contributed by atoms with Crippen LogP contribution in [0.2, 0.25) is 0 Å². The van der Waals surface area contributed by atoms with Gasteiger partial charge in [-0.2, -0.15) is 0 Å². The third-order valence-electron chi connectivity index (χ3n) is 3.66. The van der Waals surface area contributed by atoms with E-state index in [4.69, 9.17) is 9.26 Å². The van der Waals surface area contributed by atoms with Gasteiger partial charge < -0.3 is 14.6 Å². The van der Waals surface area contributed by atoms with E-state index >= 15 is 0 Å². The number of aryl methyl sites for hydroxylation is 2. The Labute approximate surface area is 123 Å². The zero-order chi connectivity index (χ0) is 14.7. The van der Waals surface area contributed by atoms with Crippen LogP contribution >= 0.6 is 0 Å². The fourth-order valence-corrected chi connectivity index (χ4v) is 2.69. The SMILES string of the molecule is Cc1cc(OCC(=O)N[C@H]2CCCc3ccccc32)no1. The zero-order valence-corrected chi connectivity index (χ0v) is 12.0. The predicted octanol–water partition coefficient (Wildman–Crippen LogP) is 2.56. The molecule has 0 bridgehead atoms. The first kappa shape index (κ1) is 13.7. The van der Waals surface area contributed by atoms with Gasteiger partial charge in [-0.25, -0.2) is 0 Å². The molecule has 110 valence electrons. The van der Waals surface area contributed by atoms with Gasteiger partial charge in [0.25, 0.3) is 11.8 Å². The van der Waals surface area contributed by atoms with Gasteiger partial charge in [0.05, 0.1) is 6.04 Å². The van der Waals surface area contributed by atoms with Gasteiger partial charge in [0.2, 0.25) is 0 Å². The molecule has 1 atom stereocenters. The lowest BCUT2D eigenvalue weighted by Gasteiger charge is -2.26. The fraction of sp³-hybridized carbons (Fsp3) is 0.375. The molecule has 3 rings (SSSR count). The van der Waals surface area contributed by atoms with Crippen molar-refractivity contribution in [3.05, 3.63) is 47.2 Å². The van der Waals surface area contributed by atoms with E-state index in [9.17, 15) is 4.79 Å². The van der Waals surface area contributed by atoms with Crippen LogP contribution in [0, 0.1) is 6.92 Å². The van der Waals surface area contributed by atoms with Crippen molar-refractivity contribution in [3.8, 4) is 5.88 Å². The van der Waals surface area contributed by atoms with E-state index in [-0.39, 0.29) is 18.6 Å². The van der Waals surface area contributed by atoms with Crippen LogP contribution in [-0.2, 0) is 11.2 Å². The normalized spacial score (nSPS) is 17.1. The number of benzene rings is 1. The standard InChI is InChI=1S/C16H18N2O3/c1-11-9-16(18-21-11)20-10-15(19)17-14-8-4-6-12-5-2-3-7-13(12)14/h2-3,5,7,9,14H,4,6,8,10H2,1H3,(H,17,19)/t14-/m0/s1. The largest absolute Gasteiger partial charge is 0.465 e. The van der Waals surface area contributed by atoms with Gasteiger partial charge in [0, 0.05) is 6.07 Å². The number of ether oxygens (including phenoxy) is 1. The monoisotopic (exact) mass is 286 g/mol. The summed E-state index contributed by atoms with van der Waals surface area (Å²) in [6.07, 6.45) is 3.13. The summed E-state index contributed by atoms with van der Waals surface area (Å²) < 4.78 is 10.2. The maximum Gasteiger partial charge on any atom is 0.258 e. The molecule has 1 N–H and O–H groups in total. The molecule has 2 aromatic rings. The van der Waals surface area contributed by atoms with Gasteiger partial charge in [0.15, 0.2) is 6.61 Å². The molecule has 21 heavy (non-hydrogen) atoms. The smallest absolute Gasteiger partial charge is 0.258 e. The maximum atomic E-state index is 12.0. The summed E-state index contributed by atoms with van der Waals surface area (Å²) in [6, 6.07) is 9.99. The minimum Gasteiger partial charge on any atom is -0.465 e. The lowest BCUT2D eigenvalue weighted by Crippen LogP contribution is -2.34. The topological polar surface area (TPSA) is 64.4 Å². The number of hydrogen-bond donors (Lipinski definition) is 1. The molecule has 0 radical (unpaired) electrons. The van der Waals surface area contributed by atoms with Crippen molar-refractivity contribution < 1.29 is 14.1 Å². The first-order valence-electron chi connectivity index (χ1n) is 7.15. The number of carbonyl (C=O) groups is 1. The molecule has 1 aromatic heterocycles. The Morgan fingerprint density at radius 2 is 2.33 bits per heavy atom. The summed E-state index contributed by atoms with van der Waals surface area (Å²) >= 11 is 0. The highest BCUT2D eigenvalue weighted by molar-refractivity contribution is 5.78. The first-order chi connectivity index (χ1) is 10.2. The molecule has 0 unspecified atom stereocenters. The van der Waals surface area contributed by atoms with Crippen LogP contribution in [0.1, 0.15) is 35.8 Å². The Bertz CT molecular complexity index is 636. The van der Waals surface area contributed by atoms with E-state index < -0.39 is 0 Å². The van der Waals surface area contributed by atoms with Gasteiger partial charge in [-0.05, 0) is 42.5 Å². The maximum absolute atomic E-state index is 12.0. The van der Waals surface area contributed by atoms with Crippen molar-refractivity contribution in [2.24, 2.45) is 0 Å². The van der Waals surface area contributed by atoms with Crippen LogP contribution in [0.4, 0.5) is 0 Å². The van der Waals surface area contributed by atoms with Crippen LogP contribution in [-0.4, -0.2) is 17.7 Å². The van der Waals surface area contributed by atoms with Crippen molar-refractivity contribution in [2.75, 3.05) is 6.61 Å². The molecule has 0 saturated carbocycles. The Balaban J connectivity index is 1.58. The summed E-state index contributed by atoms with van der Waals surface area (Å²) in [5.41, 5.74) is 2.54. The minimum absolute atomic E-state index is 0.0510. The molecule has 0 aliphatic heterocycles. The second kappa shape index (κ2) is 5.99. The predicted molar refractivity (Wildman–Crippen MR) is 77.0 cm³/mol. The Morgan fingerprint density at radius 3 is 3.14 bits per heavy atom. The number of nitrogens with zero attached hydrogens (tertiary/aromatic N) is 1. The number of carbonyl (C=O) groups excluding carboxylic acids is 1. The zero-order valence-electron chi connectivity index (χ0n) is 12.0.